The van der Waals surface area contributed by atoms with Crippen molar-refractivity contribution in [1.29, 1.82) is 0 Å². The van der Waals surface area contributed by atoms with E-state index in [9.17, 15) is 21.6 Å². The molecule has 6 nitrogen and oxygen atoms in total. The molecule has 0 fully saturated rings. The standard InChI is InChI=1S/C12H12F3N3O3S/c1-3-21-11-6-9(12(13,14)15)17-18(11)10-5-4-8(7-16-10)22(2,19)20/h4-7H,3H2,1-2H3. The van der Waals surface area contributed by atoms with Gasteiger partial charge < -0.3 is 4.74 Å². The molecule has 0 saturated carbocycles. The molecule has 0 aliphatic carbocycles. The van der Waals surface area contributed by atoms with Crippen LogP contribution in [0.1, 0.15) is 12.6 Å². The van der Waals surface area contributed by atoms with Gasteiger partial charge in [-0.15, -0.1) is 0 Å². The summed E-state index contributed by atoms with van der Waals surface area (Å²) in [6.07, 6.45) is -2.57. The van der Waals surface area contributed by atoms with Crippen LogP contribution in [-0.2, 0) is 16.0 Å². The number of ether oxygens (including phenoxy) is 1. The minimum Gasteiger partial charge on any atom is -0.478 e. The lowest BCUT2D eigenvalue weighted by atomic mass is 10.4. The van der Waals surface area contributed by atoms with Crippen molar-refractivity contribution in [2.75, 3.05) is 12.9 Å². The Morgan fingerprint density at radius 3 is 2.45 bits per heavy atom. The highest BCUT2D eigenvalue weighted by Gasteiger charge is 2.35. The smallest absolute Gasteiger partial charge is 0.435 e. The minimum absolute atomic E-state index is 0.0198. The number of nitrogens with zero attached hydrogens (tertiary/aromatic N) is 3. The first-order valence-electron chi connectivity index (χ1n) is 6.09. The second-order valence-electron chi connectivity index (χ2n) is 4.33. The van der Waals surface area contributed by atoms with Crippen molar-refractivity contribution >= 4 is 9.84 Å². The van der Waals surface area contributed by atoms with E-state index in [1.165, 1.54) is 12.1 Å². The van der Waals surface area contributed by atoms with Crippen LogP contribution in [0.2, 0.25) is 0 Å². The molecule has 0 aliphatic heterocycles. The van der Waals surface area contributed by atoms with Crippen LogP contribution in [0.4, 0.5) is 13.2 Å². The summed E-state index contributed by atoms with van der Waals surface area (Å²) in [5.74, 6) is -0.110. The van der Waals surface area contributed by atoms with Crippen LogP contribution in [0.3, 0.4) is 0 Å². The molecule has 0 bridgehead atoms. The van der Waals surface area contributed by atoms with E-state index in [-0.39, 0.29) is 23.2 Å². The highest BCUT2D eigenvalue weighted by atomic mass is 32.2. The number of rotatable bonds is 4. The number of hydrogen-bond acceptors (Lipinski definition) is 5. The predicted molar refractivity (Wildman–Crippen MR) is 70.6 cm³/mol. The second-order valence-corrected chi connectivity index (χ2v) is 6.35. The molecule has 2 rings (SSSR count). The van der Waals surface area contributed by atoms with Crippen molar-refractivity contribution < 1.29 is 26.3 Å². The minimum atomic E-state index is -4.62. The SMILES string of the molecule is CCOc1cc(C(F)(F)F)nn1-c1ccc(S(C)(=O)=O)cn1. The first-order chi connectivity index (χ1) is 10.1. The molecule has 0 atom stereocenters. The van der Waals surface area contributed by atoms with E-state index in [0.29, 0.717) is 0 Å². The Kier molecular flexibility index (Phi) is 4.14. The van der Waals surface area contributed by atoms with Gasteiger partial charge in [-0.3, -0.25) is 0 Å². The lowest BCUT2D eigenvalue weighted by molar-refractivity contribution is -0.141. The molecule has 120 valence electrons. The van der Waals surface area contributed by atoms with Gasteiger partial charge in [0.1, 0.15) is 0 Å². The molecule has 22 heavy (non-hydrogen) atoms. The molecule has 2 aromatic heterocycles. The maximum absolute atomic E-state index is 12.7. The van der Waals surface area contributed by atoms with Gasteiger partial charge in [-0.25, -0.2) is 13.4 Å². The molecular weight excluding hydrogens is 323 g/mol. The molecule has 2 heterocycles. The monoisotopic (exact) mass is 335 g/mol. The molecular formula is C12H12F3N3O3S. The number of aromatic nitrogens is 3. The summed E-state index contributed by atoms with van der Waals surface area (Å²) in [6.45, 7) is 1.76. The van der Waals surface area contributed by atoms with E-state index >= 15 is 0 Å². The summed E-state index contributed by atoms with van der Waals surface area (Å²) in [7, 11) is -3.44. The fraction of sp³-hybridized carbons (Fsp3) is 0.333. The topological polar surface area (TPSA) is 74.1 Å². The average Bonchev–Trinajstić information content (AvgIpc) is 2.82. The largest absolute Gasteiger partial charge is 0.478 e. The summed E-state index contributed by atoms with van der Waals surface area (Å²) in [5, 5.41) is 3.42. The van der Waals surface area contributed by atoms with E-state index in [4.69, 9.17) is 4.74 Å². The van der Waals surface area contributed by atoms with E-state index in [1.54, 1.807) is 6.92 Å². The van der Waals surface area contributed by atoms with Crippen molar-refractivity contribution in [3.8, 4) is 11.7 Å². The summed E-state index contributed by atoms with van der Waals surface area (Å²) >= 11 is 0. The molecule has 10 heteroatoms. The highest BCUT2D eigenvalue weighted by molar-refractivity contribution is 7.90. The van der Waals surface area contributed by atoms with Crippen LogP contribution in [0.25, 0.3) is 5.82 Å². The summed E-state index contributed by atoms with van der Waals surface area (Å²) in [6, 6.07) is 3.25. The van der Waals surface area contributed by atoms with Gasteiger partial charge in [-0.2, -0.15) is 23.0 Å². The van der Waals surface area contributed by atoms with E-state index in [0.717, 1.165) is 23.2 Å². The zero-order chi connectivity index (χ0) is 16.5. The summed E-state index contributed by atoms with van der Waals surface area (Å²) < 4.78 is 66.9. The Bertz CT molecular complexity index is 767. The first kappa shape index (κ1) is 16.3. The fourth-order valence-corrected chi connectivity index (χ4v) is 2.19. The average molecular weight is 335 g/mol. The first-order valence-corrected chi connectivity index (χ1v) is 7.98. The maximum Gasteiger partial charge on any atom is 0.435 e. The van der Waals surface area contributed by atoms with Crippen molar-refractivity contribution in [2.45, 2.75) is 18.0 Å². The number of alkyl halides is 3. The Morgan fingerprint density at radius 2 is 2.00 bits per heavy atom. The molecule has 0 amide bonds. The maximum atomic E-state index is 12.7. The molecule has 0 N–H and O–H groups in total. The van der Waals surface area contributed by atoms with Gasteiger partial charge in [0, 0.05) is 18.5 Å². The number of sulfone groups is 1. The molecule has 0 spiro atoms. The summed E-state index contributed by atoms with van der Waals surface area (Å²) in [5.41, 5.74) is -1.12. The normalized spacial score (nSPS) is 12.4. The van der Waals surface area contributed by atoms with Crippen molar-refractivity contribution in [3.05, 3.63) is 30.1 Å². The van der Waals surface area contributed by atoms with Gasteiger partial charge in [0.2, 0.25) is 5.88 Å². The van der Waals surface area contributed by atoms with Crippen LogP contribution in [0, 0.1) is 0 Å². The lowest BCUT2D eigenvalue weighted by Gasteiger charge is -2.07. The molecule has 0 unspecified atom stereocenters. The Labute approximate surface area is 124 Å². The molecule has 0 aromatic carbocycles. The summed E-state index contributed by atoms with van der Waals surface area (Å²) in [4.78, 5) is 3.78. The van der Waals surface area contributed by atoms with Crippen LogP contribution >= 0.6 is 0 Å². The van der Waals surface area contributed by atoms with Gasteiger partial charge in [-0.05, 0) is 19.1 Å². The highest BCUT2D eigenvalue weighted by Crippen LogP contribution is 2.31. The van der Waals surface area contributed by atoms with Crippen molar-refractivity contribution in [1.82, 2.24) is 14.8 Å². The van der Waals surface area contributed by atoms with Gasteiger partial charge in [0.15, 0.2) is 21.3 Å². The van der Waals surface area contributed by atoms with Gasteiger partial charge in [0.25, 0.3) is 0 Å². The zero-order valence-corrected chi connectivity index (χ0v) is 12.4. The third-order valence-electron chi connectivity index (χ3n) is 2.63. The van der Waals surface area contributed by atoms with Crippen LogP contribution in [-0.4, -0.2) is 36.0 Å². The number of pyridine rings is 1. The van der Waals surface area contributed by atoms with E-state index in [2.05, 4.69) is 10.1 Å². The zero-order valence-electron chi connectivity index (χ0n) is 11.6. The molecule has 0 aliphatic rings. The molecule has 0 saturated heterocycles. The molecule has 2 aromatic rings. The Balaban J connectivity index is 2.49. The third kappa shape index (κ3) is 3.38. The Hall–Kier alpha value is -2.10. The van der Waals surface area contributed by atoms with Crippen molar-refractivity contribution in [2.24, 2.45) is 0 Å². The number of hydrogen-bond donors (Lipinski definition) is 0. The lowest BCUT2D eigenvalue weighted by Crippen LogP contribution is -2.09. The predicted octanol–water partition coefficient (Wildman–Crippen LogP) is 2.09. The number of halogens is 3. The van der Waals surface area contributed by atoms with E-state index < -0.39 is 21.7 Å². The van der Waals surface area contributed by atoms with Crippen molar-refractivity contribution in [3.63, 3.8) is 0 Å². The van der Waals surface area contributed by atoms with Gasteiger partial charge >= 0.3 is 6.18 Å². The third-order valence-corrected chi connectivity index (χ3v) is 3.72. The van der Waals surface area contributed by atoms with Gasteiger partial charge in [-0.1, -0.05) is 0 Å². The Morgan fingerprint density at radius 1 is 1.32 bits per heavy atom. The quantitative estimate of drug-likeness (QED) is 0.855. The van der Waals surface area contributed by atoms with Crippen LogP contribution in [0.15, 0.2) is 29.3 Å². The van der Waals surface area contributed by atoms with Crippen LogP contribution in [0.5, 0.6) is 5.88 Å². The second kappa shape index (κ2) is 5.59. The van der Waals surface area contributed by atoms with E-state index in [1.807, 2.05) is 0 Å². The van der Waals surface area contributed by atoms with Crippen LogP contribution < -0.4 is 4.74 Å². The molecule has 0 radical (unpaired) electrons. The fourth-order valence-electron chi connectivity index (χ4n) is 1.63. The van der Waals surface area contributed by atoms with Gasteiger partial charge in [0.05, 0.1) is 11.5 Å².